The predicted molar refractivity (Wildman–Crippen MR) is 139 cm³/mol. The maximum atomic E-state index is 12.4. The van der Waals surface area contributed by atoms with Crippen molar-refractivity contribution in [2.24, 2.45) is 5.10 Å². The smallest absolute Gasteiger partial charge is 0.329 e. The van der Waals surface area contributed by atoms with E-state index in [1.54, 1.807) is 36.4 Å². The lowest BCUT2D eigenvalue weighted by Crippen LogP contribution is -2.32. The highest BCUT2D eigenvalue weighted by Gasteiger charge is 2.15. The maximum Gasteiger partial charge on any atom is 0.329 e. The molecule has 0 atom stereocenters. The molecule has 3 aromatic carbocycles. The second-order valence-electron chi connectivity index (χ2n) is 7.98. The fraction of sp³-hybridized carbons (Fsp3) is 0.185. The zero-order valence-corrected chi connectivity index (χ0v) is 20.5. The number of methoxy groups -OCH3 is 1. The van der Waals surface area contributed by atoms with Crippen LogP contribution in [0.5, 0.6) is 11.5 Å². The second-order valence-corrected chi connectivity index (χ2v) is 7.98. The Morgan fingerprint density at radius 2 is 1.64 bits per heavy atom. The molecule has 3 N–H and O–H groups in total. The van der Waals surface area contributed by atoms with Crippen LogP contribution >= 0.6 is 0 Å². The Labute approximate surface area is 209 Å². The summed E-state index contributed by atoms with van der Waals surface area (Å²) >= 11 is 0. The van der Waals surface area contributed by atoms with Gasteiger partial charge in [0, 0.05) is 16.9 Å². The van der Waals surface area contributed by atoms with Gasteiger partial charge in [-0.25, -0.2) is 5.43 Å². The monoisotopic (exact) mass is 488 g/mol. The van der Waals surface area contributed by atoms with Crippen LogP contribution in [0.4, 0.5) is 11.4 Å². The summed E-state index contributed by atoms with van der Waals surface area (Å²) in [5.74, 6) is -1.51. The Kier molecular flexibility index (Phi) is 8.77. The predicted octanol–water partition coefficient (Wildman–Crippen LogP) is 3.73. The number of rotatable bonds is 8. The Morgan fingerprint density at radius 1 is 0.861 bits per heavy atom. The molecular weight excluding hydrogens is 460 g/mol. The summed E-state index contributed by atoms with van der Waals surface area (Å²) in [6, 6.07) is 17.8. The van der Waals surface area contributed by atoms with Gasteiger partial charge < -0.3 is 20.1 Å². The van der Waals surface area contributed by atoms with Crippen LogP contribution in [0.3, 0.4) is 0 Å². The third kappa shape index (κ3) is 6.92. The van der Waals surface area contributed by atoms with E-state index in [9.17, 15) is 14.4 Å². The van der Waals surface area contributed by atoms with E-state index in [4.69, 9.17) is 9.47 Å². The minimum Gasteiger partial charge on any atom is -0.493 e. The maximum absolute atomic E-state index is 12.4. The molecule has 9 nitrogen and oxygen atoms in total. The summed E-state index contributed by atoms with van der Waals surface area (Å²) in [6.45, 7) is 5.48. The molecule has 0 aliphatic rings. The van der Waals surface area contributed by atoms with Crippen LogP contribution in [0, 0.1) is 20.8 Å². The van der Waals surface area contributed by atoms with Gasteiger partial charge in [0.1, 0.15) is 0 Å². The summed E-state index contributed by atoms with van der Waals surface area (Å²) in [5.41, 5.74) is 6.81. The first-order valence-corrected chi connectivity index (χ1v) is 11.2. The number of hydrogen-bond donors (Lipinski definition) is 3. The van der Waals surface area contributed by atoms with Crippen LogP contribution in [0.2, 0.25) is 0 Å². The molecule has 0 spiro atoms. The third-order valence-corrected chi connectivity index (χ3v) is 5.34. The topological polar surface area (TPSA) is 118 Å². The number of carbonyl (C=O) groups excluding carboxylic acids is 3. The molecule has 0 saturated carbocycles. The van der Waals surface area contributed by atoms with Gasteiger partial charge in [0.25, 0.3) is 5.91 Å². The van der Waals surface area contributed by atoms with Gasteiger partial charge in [-0.15, -0.1) is 0 Å². The van der Waals surface area contributed by atoms with Crippen LogP contribution in [0.1, 0.15) is 22.3 Å². The Hall–Kier alpha value is -4.66. The van der Waals surface area contributed by atoms with Crippen molar-refractivity contribution in [1.29, 1.82) is 0 Å². The molecule has 0 aromatic heterocycles. The number of aryl methyl sites for hydroxylation is 3. The van der Waals surface area contributed by atoms with Crippen molar-refractivity contribution in [1.82, 2.24) is 5.43 Å². The third-order valence-electron chi connectivity index (χ3n) is 5.34. The average molecular weight is 489 g/mol. The van der Waals surface area contributed by atoms with Gasteiger partial charge in [0.05, 0.1) is 13.3 Å². The second kappa shape index (κ2) is 12.2. The number of nitrogens with zero attached hydrogens (tertiary/aromatic N) is 1. The number of amides is 3. The molecule has 3 amide bonds. The standard InChI is InChI=1S/C27H28N4O5/c1-17-12-13-21(14-19(17)3)29-26(33)27(34)31-28-15-20-9-7-11-23(35-4)25(20)36-16-24(32)30-22-10-6-5-8-18(22)2/h5-15H,16H2,1-4H3,(H,29,33)(H,30,32)(H,31,34)/b28-15-. The van der Waals surface area contributed by atoms with Crippen molar-refractivity contribution >= 4 is 35.3 Å². The van der Waals surface area contributed by atoms with E-state index in [-0.39, 0.29) is 18.3 Å². The molecule has 0 radical (unpaired) electrons. The van der Waals surface area contributed by atoms with Crippen molar-refractivity contribution in [3.05, 3.63) is 82.9 Å². The Balaban J connectivity index is 1.63. The molecule has 3 rings (SSSR count). The van der Waals surface area contributed by atoms with Crippen molar-refractivity contribution < 1.29 is 23.9 Å². The van der Waals surface area contributed by atoms with E-state index in [0.717, 1.165) is 16.7 Å². The molecule has 0 aliphatic carbocycles. The molecule has 0 unspecified atom stereocenters. The lowest BCUT2D eigenvalue weighted by atomic mass is 10.1. The molecule has 0 bridgehead atoms. The van der Waals surface area contributed by atoms with Crippen LogP contribution in [-0.4, -0.2) is 37.7 Å². The fourth-order valence-corrected chi connectivity index (χ4v) is 3.21. The van der Waals surface area contributed by atoms with Crippen LogP contribution < -0.4 is 25.5 Å². The largest absolute Gasteiger partial charge is 0.493 e. The molecule has 0 aliphatic heterocycles. The van der Waals surface area contributed by atoms with Crippen LogP contribution in [0.25, 0.3) is 0 Å². The van der Waals surface area contributed by atoms with Crippen molar-refractivity contribution in [2.45, 2.75) is 20.8 Å². The minimum absolute atomic E-state index is 0.262. The number of para-hydroxylation sites is 2. The summed E-state index contributed by atoms with van der Waals surface area (Å²) in [6.07, 6.45) is 1.30. The van der Waals surface area contributed by atoms with Crippen LogP contribution in [0.15, 0.2) is 65.8 Å². The van der Waals surface area contributed by atoms with Gasteiger partial charge in [-0.05, 0) is 67.8 Å². The lowest BCUT2D eigenvalue weighted by molar-refractivity contribution is -0.136. The summed E-state index contributed by atoms with van der Waals surface area (Å²) in [7, 11) is 1.47. The zero-order valence-electron chi connectivity index (χ0n) is 20.5. The van der Waals surface area contributed by atoms with E-state index < -0.39 is 11.8 Å². The summed E-state index contributed by atoms with van der Waals surface area (Å²) in [5, 5.41) is 9.18. The highest BCUT2D eigenvalue weighted by Crippen LogP contribution is 2.30. The van der Waals surface area contributed by atoms with Gasteiger partial charge in [-0.3, -0.25) is 14.4 Å². The molecule has 0 heterocycles. The molecule has 36 heavy (non-hydrogen) atoms. The molecular formula is C27H28N4O5. The summed E-state index contributed by atoms with van der Waals surface area (Å²) in [4.78, 5) is 36.8. The Morgan fingerprint density at radius 3 is 2.36 bits per heavy atom. The van der Waals surface area contributed by atoms with Gasteiger partial charge in [0.15, 0.2) is 18.1 Å². The highest BCUT2D eigenvalue weighted by atomic mass is 16.5. The minimum atomic E-state index is -0.938. The first kappa shape index (κ1) is 26.0. The summed E-state index contributed by atoms with van der Waals surface area (Å²) < 4.78 is 11.1. The normalized spacial score (nSPS) is 10.6. The van der Waals surface area contributed by atoms with Crippen LogP contribution in [-0.2, 0) is 14.4 Å². The van der Waals surface area contributed by atoms with E-state index in [1.165, 1.54) is 13.3 Å². The van der Waals surface area contributed by atoms with Crippen molar-refractivity contribution in [2.75, 3.05) is 24.4 Å². The molecule has 0 fully saturated rings. The van der Waals surface area contributed by atoms with Gasteiger partial charge in [-0.2, -0.15) is 5.10 Å². The zero-order chi connectivity index (χ0) is 26.1. The molecule has 0 saturated heterocycles. The number of nitrogens with one attached hydrogen (secondary N) is 3. The lowest BCUT2D eigenvalue weighted by Gasteiger charge is -2.13. The first-order chi connectivity index (χ1) is 17.3. The molecule has 3 aromatic rings. The fourth-order valence-electron chi connectivity index (χ4n) is 3.21. The highest BCUT2D eigenvalue weighted by molar-refractivity contribution is 6.39. The van der Waals surface area contributed by atoms with Gasteiger partial charge in [0.2, 0.25) is 0 Å². The number of ether oxygens (including phenoxy) is 2. The van der Waals surface area contributed by atoms with E-state index >= 15 is 0 Å². The van der Waals surface area contributed by atoms with E-state index in [1.807, 2.05) is 45.0 Å². The number of anilines is 2. The Bertz CT molecular complexity index is 1300. The number of hydrazone groups is 1. The number of hydrogen-bond acceptors (Lipinski definition) is 6. The van der Waals surface area contributed by atoms with Crippen molar-refractivity contribution in [3.63, 3.8) is 0 Å². The van der Waals surface area contributed by atoms with Crippen molar-refractivity contribution in [3.8, 4) is 11.5 Å². The number of carbonyl (C=O) groups is 3. The van der Waals surface area contributed by atoms with Gasteiger partial charge in [-0.1, -0.05) is 30.3 Å². The average Bonchev–Trinajstić information content (AvgIpc) is 2.86. The quantitative estimate of drug-likeness (QED) is 0.254. The number of benzene rings is 3. The molecule has 9 heteroatoms. The SMILES string of the molecule is COc1cccc(/C=N\NC(=O)C(=O)Nc2ccc(C)c(C)c2)c1OCC(=O)Nc1ccccc1C. The van der Waals surface area contributed by atoms with E-state index in [2.05, 4.69) is 21.2 Å². The first-order valence-electron chi connectivity index (χ1n) is 11.2. The van der Waals surface area contributed by atoms with Gasteiger partial charge >= 0.3 is 11.8 Å². The molecule has 186 valence electrons. The van der Waals surface area contributed by atoms with E-state index in [0.29, 0.717) is 22.7 Å².